The van der Waals surface area contributed by atoms with E-state index in [2.05, 4.69) is 55.8 Å². The second kappa shape index (κ2) is 15.5. The van der Waals surface area contributed by atoms with Crippen molar-refractivity contribution in [2.75, 3.05) is 31.4 Å². The molecule has 0 aromatic carbocycles. The Morgan fingerprint density at radius 3 is 1.75 bits per heavy atom. The lowest BCUT2D eigenvalue weighted by molar-refractivity contribution is 0.0592. The topological polar surface area (TPSA) is 290 Å². The van der Waals surface area contributed by atoms with E-state index in [9.17, 15) is 9.59 Å². The summed E-state index contributed by atoms with van der Waals surface area (Å²) in [6.07, 6.45) is 5.60. The molecule has 0 saturated heterocycles. The number of methoxy groups -OCH3 is 2. The van der Waals surface area contributed by atoms with Crippen LogP contribution < -0.4 is 17.2 Å². The zero-order valence-corrected chi connectivity index (χ0v) is 29.9. The number of nitrogens with two attached hydrogens (primary N) is 3. The lowest BCUT2D eigenvalue weighted by atomic mass is 10.2. The average molecular weight is 717 g/mol. The highest BCUT2D eigenvalue weighted by atomic mass is 16.5. The first-order valence-electron chi connectivity index (χ1n) is 16.3. The lowest BCUT2D eigenvalue weighted by Gasteiger charge is -2.07. The minimum Gasteiger partial charge on any atom is -0.465 e. The smallest absolute Gasteiger partial charge is 0.343 e. The van der Waals surface area contributed by atoms with E-state index in [1.165, 1.54) is 39.1 Å². The molecule has 5 heterocycles. The van der Waals surface area contributed by atoms with Crippen LogP contribution in [0.2, 0.25) is 0 Å². The van der Waals surface area contributed by atoms with E-state index in [0.717, 1.165) is 25.7 Å². The Balaban J connectivity index is 1.59. The molecule has 274 valence electrons. The van der Waals surface area contributed by atoms with E-state index in [1.54, 1.807) is 21.0 Å². The molecule has 0 bridgehead atoms. The maximum Gasteiger partial charge on any atom is 0.343 e. The molecule has 0 saturated carbocycles. The van der Waals surface area contributed by atoms with Gasteiger partial charge >= 0.3 is 11.9 Å². The summed E-state index contributed by atoms with van der Waals surface area (Å²) in [5.41, 5.74) is 21.6. The maximum atomic E-state index is 12.5. The van der Waals surface area contributed by atoms with E-state index in [1.807, 2.05) is 13.8 Å². The molecule has 22 heteroatoms. The monoisotopic (exact) mass is 716 g/mol. The van der Waals surface area contributed by atoms with E-state index >= 15 is 0 Å². The number of carbonyl (C=O) groups is 2. The van der Waals surface area contributed by atoms with Gasteiger partial charge in [0.1, 0.15) is 11.1 Å². The van der Waals surface area contributed by atoms with Crippen molar-refractivity contribution in [2.24, 2.45) is 34.6 Å². The predicted octanol–water partition coefficient (Wildman–Crippen LogP) is 3.85. The number of unbranched alkanes of at least 4 members (excludes halogenated alkanes) is 2. The molecule has 0 aliphatic carbocycles. The van der Waals surface area contributed by atoms with Crippen LogP contribution in [0.5, 0.6) is 0 Å². The Labute approximate surface area is 297 Å². The summed E-state index contributed by atoms with van der Waals surface area (Å²) in [6.45, 7) is 5.73. The highest BCUT2D eigenvalue weighted by Crippen LogP contribution is 2.35. The summed E-state index contributed by atoms with van der Waals surface area (Å²) in [6, 6.07) is 0. The van der Waals surface area contributed by atoms with Crippen molar-refractivity contribution >= 4 is 52.5 Å². The molecular formula is C30H40N18O4. The van der Waals surface area contributed by atoms with Crippen LogP contribution in [0, 0.1) is 6.92 Å². The Morgan fingerprint density at radius 2 is 1.25 bits per heavy atom. The Hall–Kier alpha value is -6.61. The molecular weight excluding hydrogens is 676 g/mol. The van der Waals surface area contributed by atoms with Crippen LogP contribution in [0.4, 0.5) is 40.6 Å². The average Bonchev–Trinajstić information content (AvgIpc) is 3.84. The Morgan fingerprint density at radius 1 is 0.731 bits per heavy atom. The zero-order valence-electron chi connectivity index (χ0n) is 29.9. The van der Waals surface area contributed by atoms with Crippen LogP contribution in [-0.4, -0.2) is 80.2 Å². The second-order valence-electron chi connectivity index (χ2n) is 11.5. The van der Waals surface area contributed by atoms with Gasteiger partial charge in [-0.1, -0.05) is 26.7 Å². The molecule has 5 aromatic rings. The van der Waals surface area contributed by atoms with Crippen molar-refractivity contribution in [3.05, 3.63) is 34.4 Å². The van der Waals surface area contributed by atoms with Crippen molar-refractivity contribution in [3.8, 4) is 11.9 Å². The van der Waals surface area contributed by atoms with Crippen molar-refractivity contribution < 1.29 is 19.1 Å². The van der Waals surface area contributed by atoms with Gasteiger partial charge in [0.05, 0.1) is 37.5 Å². The first kappa shape index (κ1) is 36.7. The quantitative estimate of drug-likeness (QED) is 0.109. The third-order valence-electron chi connectivity index (χ3n) is 7.86. The third-order valence-corrected chi connectivity index (χ3v) is 7.86. The highest BCUT2D eigenvalue weighted by Gasteiger charge is 2.25. The molecule has 0 atom stereocenters. The number of ether oxygens (including phenoxy) is 2. The van der Waals surface area contributed by atoms with E-state index in [4.69, 9.17) is 26.7 Å². The van der Waals surface area contributed by atoms with Gasteiger partial charge in [-0.05, 0) is 32.6 Å². The summed E-state index contributed by atoms with van der Waals surface area (Å²) in [7, 11) is 5.78. The van der Waals surface area contributed by atoms with Crippen molar-refractivity contribution in [1.82, 2.24) is 54.1 Å². The molecule has 0 fully saturated rings. The van der Waals surface area contributed by atoms with Gasteiger partial charge in [0.15, 0.2) is 34.6 Å². The van der Waals surface area contributed by atoms with Gasteiger partial charge in [0.2, 0.25) is 5.95 Å². The van der Waals surface area contributed by atoms with Gasteiger partial charge in [-0.25, -0.2) is 19.0 Å². The van der Waals surface area contributed by atoms with Crippen LogP contribution in [0.25, 0.3) is 11.9 Å². The maximum absolute atomic E-state index is 12.5. The van der Waals surface area contributed by atoms with Crippen LogP contribution >= 0.6 is 0 Å². The van der Waals surface area contributed by atoms with Crippen LogP contribution in [0.15, 0.2) is 26.7 Å². The molecule has 0 radical (unpaired) electrons. The second-order valence-corrected chi connectivity index (χ2v) is 11.5. The van der Waals surface area contributed by atoms with Crippen molar-refractivity contribution in [3.63, 3.8) is 0 Å². The fraction of sp³-hybridized carbons (Fsp3) is 0.433. The summed E-state index contributed by atoms with van der Waals surface area (Å²) in [5, 5.41) is 35.1. The molecule has 6 N–H and O–H groups in total. The van der Waals surface area contributed by atoms with E-state index in [0.29, 0.717) is 29.9 Å². The first-order chi connectivity index (χ1) is 24.9. The fourth-order valence-electron chi connectivity index (χ4n) is 5.15. The van der Waals surface area contributed by atoms with Crippen LogP contribution in [0.1, 0.15) is 77.3 Å². The first-order valence-corrected chi connectivity index (χ1v) is 16.3. The third kappa shape index (κ3) is 7.15. The molecule has 0 aliphatic rings. The SMILES string of the molecule is CCCCc1nn(-c2nc(N)nc(-n3nc(CCCC)c(/N=N/c4c(C(=O)OC)c(C)nn4C)c3N)n2)c(N)c1/N=N/c1c(C(=O)OC)cnn1C. The number of rotatable bonds is 14. The molecule has 22 nitrogen and oxygen atoms in total. The number of nitrogen functional groups attached to an aromatic ring is 3. The summed E-state index contributed by atoms with van der Waals surface area (Å²) in [5.74, 6) is -1.06. The summed E-state index contributed by atoms with van der Waals surface area (Å²) < 4.78 is 15.1. The normalized spacial score (nSPS) is 11.7. The number of anilines is 3. The van der Waals surface area contributed by atoms with Crippen molar-refractivity contribution in [1.29, 1.82) is 0 Å². The van der Waals surface area contributed by atoms with E-state index < -0.39 is 11.9 Å². The molecule has 0 unspecified atom stereocenters. The number of esters is 2. The fourth-order valence-corrected chi connectivity index (χ4v) is 5.15. The van der Waals surface area contributed by atoms with Crippen molar-refractivity contribution in [2.45, 2.75) is 59.3 Å². The summed E-state index contributed by atoms with van der Waals surface area (Å²) >= 11 is 0. The number of hydrogen-bond donors (Lipinski definition) is 3. The summed E-state index contributed by atoms with van der Waals surface area (Å²) in [4.78, 5) is 37.9. The Kier molecular flexibility index (Phi) is 10.9. The molecule has 0 spiro atoms. The number of aromatic nitrogens is 11. The van der Waals surface area contributed by atoms with Gasteiger partial charge in [-0.2, -0.15) is 44.7 Å². The molecule has 5 aromatic heterocycles. The van der Waals surface area contributed by atoms with Gasteiger partial charge < -0.3 is 26.7 Å². The number of azo groups is 2. The Bertz CT molecular complexity index is 2170. The predicted molar refractivity (Wildman–Crippen MR) is 187 cm³/mol. The largest absolute Gasteiger partial charge is 0.465 e. The van der Waals surface area contributed by atoms with Crippen LogP contribution in [0.3, 0.4) is 0 Å². The minimum absolute atomic E-state index is 0.0448. The lowest BCUT2D eigenvalue weighted by Crippen LogP contribution is -2.15. The van der Waals surface area contributed by atoms with Gasteiger partial charge in [-0.15, -0.1) is 20.5 Å². The van der Waals surface area contributed by atoms with E-state index in [-0.39, 0.29) is 63.6 Å². The molecule has 5 rings (SSSR count). The number of carbonyl (C=O) groups excluding carboxylic acids is 2. The number of nitrogens with zero attached hydrogens (tertiary/aromatic N) is 15. The number of aryl methyl sites for hydroxylation is 5. The molecule has 0 amide bonds. The van der Waals surface area contributed by atoms with Gasteiger partial charge in [0.25, 0.3) is 11.9 Å². The standard InChI is InChI=1S/C30H40N18O4/c1-8-10-12-17-20(38-40-24-16(26(49)51-6)14-34-45(24)4)22(31)47(43-17)29-35-28(33)36-30(37-29)48-23(32)21(18(44-48)13-11-9-2)39-41-25-19(27(50)52-7)15(3)42-46(25)5/h14H,8-13,31-32H2,1-7H3,(H2,33,35,36,37)/b40-38+,41-39+. The highest BCUT2D eigenvalue weighted by molar-refractivity contribution is 5.95. The van der Waals surface area contributed by atoms with Gasteiger partial charge in [0, 0.05) is 14.1 Å². The molecule has 52 heavy (non-hydrogen) atoms. The number of hydrogen-bond acceptors (Lipinski definition) is 18. The minimum atomic E-state index is -0.622. The van der Waals surface area contributed by atoms with Gasteiger partial charge in [-0.3, -0.25) is 0 Å². The zero-order chi connectivity index (χ0) is 37.7. The molecule has 0 aliphatic heterocycles. The van der Waals surface area contributed by atoms with Crippen LogP contribution in [-0.2, 0) is 36.4 Å².